The van der Waals surface area contributed by atoms with Crippen LogP contribution in [0, 0.1) is 13.8 Å². The number of hydrogen-bond donors (Lipinski definition) is 1. The predicted molar refractivity (Wildman–Crippen MR) is 150 cm³/mol. The van der Waals surface area contributed by atoms with Crippen molar-refractivity contribution in [1.29, 1.82) is 0 Å². The van der Waals surface area contributed by atoms with Crippen LogP contribution in [0.15, 0.2) is 66.7 Å². The van der Waals surface area contributed by atoms with Gasteiger partial charge in [0.1, 0.15) is 12.4 Å². The number of carbonyl (C=O) groups excluding carboxylic acids is 2. The Morgan fingerprint density at radius 2 is 1.65 bits per heavy atom. The predicted octanol–water partition coefficient (Wildman–Crippen LogP) is 6.43. The van der Waals surface area contributed by atoms with E-state index in [1.807, 2.05) is 74.5 Å². The van der Waals surface area contributed by atoms with Crippen molar-refractivity contribution in [1.82, 2.24) is 14.7 Å². The van der Waals surface area contributed by atoms with Crippen molar-refractivity contribution in [3.05, 3.63) is 89.1 Å². The van der Waals surface area contributed by atoms with Gasteiger partial charge in [0.15, 0.2) is 0 Å². The number of carbonyl (C=O) groups is 2. The maximum Gasteiger partial charge on any atom is 0.255 e. The molecule has 192 valence electrons. The minimum Gasteiger partial charge on any atom is -0.327 e. The van der Waals surface area contributed by atoms with Crippen molar-refractivity contribution in [2.24, 2.45) is 0 Å². The zero-order chi connectivity index (χ0) is 26.9. The summed E-state index contributed by atoms with van der Waals surface area (Å²) in [6.07, 6.45) is 0. The van der Waals surface area contributed by atoms with Crippen molar-refractivity contribution in [2.45, 2.75) is 59.9 Å². The van der Waals surface area contributed by atoms with Crippen molar-refractivity contribution in [3.8, 4) is 5.69 Å². The van der Waals surface area contributed by atoms with E-state index in [1.165, 1.54) is 0 Å². The number of benzene rings is 3. The number of anilines is 1. The average molecular weight is 497 g/mol. The second kappa shape index (κ2) is 10.2. The fourth-order valence-electron chi connectivity index (χ4n) is 4.38. The van der Waals surface area contributed by atoms with Crippen molar-refractivity contribution in [2.75, 3.05) is 11.9 Å². The molecule has 0 radical (unpaired) electrons. The summed E-state index contributed by atoms with van der Waals surface area (Å²) in [6.45, 7) is 14.2. The van der Waals surface area contributed by atoms with Gasteiger partial charge < -0.3 is 10.2 Å². The Hall–Kier alpha value is -3.93. The van der Waals surface area contributed by atoms with Crippen LogP contribution in [0.2, 0.25) is 0 Å². The second-order valence-corrected chi connectivity index (χ2v) is 10.9. The third kappa shape index (κ3) is 5.43. The molecule has 6 heteroatoms. The zero-order valence-electron chi connectivity index (χ0n) is 22.8. The molecule has 0 fully saturated rings. The number of nitrogens with zero attached hydrogens (tertiary/aromatic N) is 3. The molecule has 0 bridgehead atoms. The Bertz CT molecular complexity index is 1450. The summed E-state index contributed by atoms with van der Waals surface area (Å²) < 4.78 is 1.80. The van der Waals surface area contributed by atoms with Crippen LogP contribution in [0.4, 0.5) is 5.82 Å². The molecule has 0 unspecified atom stereocenters. The highest BCUT2D eigenvalue weighted by atomic mass is 16.2. The van der Waals surface area contributed by atoms with Crippen molar-refractivity contribution < 1.29 is 9.59 Å². The third-order valence-corrected chi connectivity index (χ3v) is 6.77. The van der Waals surface area contributed by atoms with E-state index < -0.39 is 0 Å². The monoisotopic (exact) mass is 496 g/mol. The van der Waals surface area contributed by atoms with Crippen molar-refractivity contribution in [3.63, 3.8) is 0 Å². The lowest BCUT2D eigenvalue weighted by atomic mass is 9.92. The minimum atomic E-state index is -0.269. The molecule has 0 atom stereocenters. The van der Waals surface area contributed by atoms with E-state index in [2.05, 4.69) is 46.0 Å². The molecule has 0 spiro atoms. The average Bonchev–Trinajstić information content (AvgIpc) is 3.27. The molecule has 0 aliphatic heterocycles. The molecule has 1 N–H and O–H groups in total. The molecule has 1 heterocycles. The van der Waals surface area contributed by atoms with Gasteiger partial charge in [0.05, 0.1) is 11.4 Å². The molecule has 0 aliphatic carbocycles. The first-order chi connectivity index (χ1) is 17.5. The largest absolute Gasteiger partial charge is 0.327 e. The van der Waals surface area contributed by atoms with Gasteiger partial charge in [-0.1, -0.05) is 69.3 Å². The first-order valence-electron chi connectivity index (χ1n) is 12.7. The van der Waals surface area contributed by atoms with Gasteiger partial charge in [-0.2, -0.15) is 5.10 Å². The first kappa shape index (κ1) is 26.1. The summed E-state index contributed by atoms with van der Waals surface area (Å²) >= 11 is 0. The molecule has 4 rings (SSSR count). The molecule has 0 aliphatic rings. The molecule has 4 aromatic rings. The van der Waals surface area contributed by atoms with Gasteiger partial charge in [-0.25, -0.2) is 4.68 Å². The number of aromatic nitrogens is 2. The summed E-state index contributed by atoms with van der Waals surface area (Å²) in [7, 11) is 0. The maximum atomic E-state index is 13.6. The minimum absolute atomic E-state index is 0.0669. The lowest BCUT2D eigenvalue weighted by Gasteiger charge is -2.27. The number of fused-ring (bicyclic) bond motifs is 1. The summed E-state index contributed by atoms with van der Waals surface area (Å²) in [5.41, 5.74) is 4.42. The van der Waals surface area contributed by atoms with E-state index in [0.717, 1.165) is 33.3 Å². The number of amides is 2. The summed E-state index contributed by atoms with van der Waals surface area (Å²) in [5, 5.41) is 9.78. The van der Waals surface area contributed by atoms with Crippen LogP contribution in [0.1, 0.15) is 61.8 Å². The van der Waals surface area contributed by atoms with Crippen LogP contribution in [0.3, 0.4) is 0 Å². The SMILES string of the molecule is Cc1cccc(-n2nc(C(C)(C)C)cc2NC(=O)CN(C(=O)c2cccc3ccccc23)C(C)C)c1C. The zero-order valence-corrected chi connectivity index (χ0v) is 22.8. The molecule has 6 nitrogen and oxygen atoms in total. The third-order valence-electron chi connectivity index (χ3n) is 6.77. The van der Waals surface area contributed by atoms with E-state index in [0.29, 0.717) is 11.4 Å². The lowest BCUT2D eigenvalue weighted by molar-refractivity contribution is -0.117. The smallest absolute Gasteiger partial charge is 0.255 e. The fraction of sp³-hybridized carbons (Fsp3) is 0.323. The molecule has 37 heavy (non-hydrogen) atoms. The van der Waals surface area contributed by atoms with Crippen LogP contribution in [-0.4, -0.2) is 39.1 Å². The quantitative estimate of drug-likeness (QED) is 0.334. The van der Waals surface area contributed by atoms with Gasteiger partial charge in [0.25, 0.3) is 5.91 Å². The standard InChI is InChI=1S/C31H36N4O2/c1-20(2)34(30(37)25-16-11-14-23-13-8-9-15-24(23)25)19-29(36)32-28-18-27(31(5,6)7)33-35(28)26-17-10-12-21(3)22(26)4/h8-18,20H,19H2,1-7H3,(H,32,36). The Labute approximate surface area is 219 Å². The molecular formula is C31H36N4O2. The van der Waals surface area contributed by atoms with Gasteiger partial charge in [-0.15, -0.1) is 0 Å². The van der Waals surface area contributed by atoms with E-state index in [-0.39, 0.29) is 29.8 Å². The highest BCUT2D eigenvalue weighted by Gasteiger charge is 2.26. The van der Waals surface area contributed by atoms with Crippen LogP contribution in [0.25, 0.3) is 16.5 Å². The molecule has 0 saturated heterocycles. The normalized spacial score (nSPS) is 11.7. The number of aryl methyl sites for hydroxylation is 1. The van der Waals surface area contributed by atoms with Crippen molar-refractivity contribution >= 4 is 28.4 Å². The highest BCUT2D eigenvalue weighted by molar-refractivity contribution is 6.08. The Morgan fingerprint density at radius 1 is 0.973 bits per heavy atom. The molecule has 0 saturated carbocycles. The summed E-state index contributed by atoms with van der Waals surface area (Å²) in [5.74, 6) is 0.152. The maximum absolute atomic E-state index is 13.6. The Kier molecular flexibility index (Phi) is 7.21. The lowest BCUT2D eigenvalue weighted by Crippen LogP contribution is -2.42. The summed E-state index contributed by atoms with van der Waals surface area (Å²) in [4.78, 5) is 28.6. The summed E-state index contributed by atoms with van der Waals surface area (Å²) in [6, 6.07) is 21.3. The van der Waals surface area contributed by atoms with Crippen LogP contribution in [0.5, 0.6) is 0 Å². The van der Waals surface area contributed by atoms with Crippen LogP contribution in [-0.2, 0) is 10.2 Å². The fourth-order valence-corrected chi connectivity index (χ4v) is 4.38. The number of hydrogen-bond acceptors (Lipinski definition) is 3. The van der Waals surface area contributed by atoms with E-state index >= 15 is 0 Å². The molecule has 2 amide bonds. The highest BCUT2D eigenvalue weighted by Crippen LogP contribution is 2.28. The van der Waals surface area contributed by atoms with Gasteiger partial charge in [-0.05, 0) is 61.7 Å². The van der Waals surface area contributed by atoms with Crippen LogP contribution >= 0.6 is 0 Å². The van der Waals surface area contributed by atoms with E-state index in [9.17, 15) is 9.59 Å². The Morgan fingerprint density at radius 3 is 2.35 bits per heavy atom. The van der Waals surface area contributed by atoms with Gasteiger partial charge in [0, 0.05) is 23.1 Å². The van der Waals surface area contributed by atoms with Crippen LogP contribution < -0.4 is 5.32 Å². The van der Waals surface area contributed by atoms with Gasteiger partial charge in [-0.3, -0.25) is 9.59 Å². The second-order valence-electron chi connectivity index (χ2n) is 10.9. The topological polar surface area (TPSA) is 67.2 Å². The van der Waals surface area contributed by atoms with E-state index in [1.54, 1.807) is 9.58 Å². The number of rotatable bonds is 6. The molecule has 3 aromatic carbocycles. The van der Waals surface area contributed by atoms with Gasteiger partial charge >= 0.3 is 0 Å². The molecule has 1 aromatic heterocycles. The first-order valence-corrected chi connectivity index (χ1v) is 12.7. The van der Waals surface area contributed by atoms with Gasteiger partial charge in [0.2, 0.25) is 5.91 Å². The van der Waals surface area contributed by atoms with E-state index in [4.69, 9.17) is 5.10 Å². The molecular weight excluding hydrogens is 460 g/mol. The number of nitrogens with one attached hydrogen (secondary N) is 1. The Balaban J connectivity index is 1.65.